The Bertz CT molecular complexity index is 512. The van der Waals surface area contributed by atoms with Crippen molar-refractivity contribution < 1.29 is 13.2 Å². The molecule has 0 atom stereocenters. The molecular formula is C18H22ClF3. The predicted molar refractivity (Wildman–Crippen MR) is 86.1 cm³/mol. The van der Waals surface area contributed by atoms with Crippen molar-refractivity contribution in [3.05, 3.63) is 40.4 Å². The van der Waals surface area contributed by atoms with Crippen molar-refractivity contribution in [3.8, 4) is 0 Å². The molecule has 1 aliphatic rings. The van der Waals surface area contributed by atoms with E-state index in [0.29, 0.717) is 16.5 Å². The lowest BCUT2D eigenvalue weighted by Gasteiger charge is -2.28. The first-order valence-corrected chi connectivity index (χ1v) is 8.32. The zero-order valence-corrected chi connectivity index (χ0v) is 13.6. The number of allylic oxidation sites excluding steroid dienone is 1. The smallest absolute Gasteiger partial charge is 0.167 e. The number of alkyl halides is 3. The Kier molecular flexibility index (Phi) is 5.96. The summed E-state index contributed by atoms with van der Waals surface area (Å²) in [6, 6.07) is 5.45. The van der Waals surface area contributed by atoms with Gasteiger partial charge in [-0.25, -0.2) is 0 Å². The van der Waals surface area contributed by atoms with Gasteiger partial charge in [0.2, 0.25) is 0 Å². The molecule has 1 saturated carbocycles. The van der Waals surface area contributed by atoms with Crippen LogP contribution in [0.4, 0.5) is 13.2 Å². The summed E-state index contributed by atoms with van der Waals surface area (Å²) in [6.45, 7) is 2.22. The average Bonchev–Trinajstić information content (AvgIpc) is 2.46. The molecule has 0 aliphatic heterocycles. The van der Waals surface area contributed by atoms with Crippen molar-refractivity contribution in [2.24, 2.45) is 5.92 Å². The lowest BCUT2D eigenvalue weighted by molar-refractivity contribution is -0.0790. The first kappa shape index (κ1) is 17.4. The Hall–Kier alpha value is -0.960. The highest BCUT2D eigenvalue weighted by Crippen LogP contribution is 2.38. The van der Waals surface area contributed by atoms with Crippen molar-refractivity contribution in [1.29, 1.82) is 0 Å². The molecule has 0 saturated heterocycles. The van der Waals surface area contributed by atoms with Crippen LogP contribution >= 0.6 is 11.6 Å². The molecule has 1 aromatic carbocycles. The van der Waals surface area contributed by atoms with E-state index in [0.717, 1.165) is 30.4 Å². The second-order valence-electron chi connectivity index (χ2n) is 6.16. The van der Waals surface area contributed by atoms with E-state index in [4.69, 9.17) is 11.6 Å². The van der Waals surface area contributed by atoms with Crippen molar-refractivity contribution >= 4 is 17.7 Å². The quantitative estimate of drug-likeness (QED) is 0.558. The van der Waals surface area contributed by atoms with E-state index >= 15 is 0 Å². The predicted octanol–water partition coefficient (Wildman–Crippen LogP) is 6.99. The van der Waals surface area contributed by atoms with Gasteiger partial charge in [0.25, 0.3) is 0 Å². The zero-order valence-electron chi connectivity index (χ0n) is 12.8. The standard InChI is InChI=1S/C18H22ClF3/c1-2-3-13-4-6-14(7-5-13)16-9-8-15(17(19)12-16)10-11-18(20,21)22/h8-14H,2-7H2,1H3/b11-10-. The first-order valence-electron chi connectivity index (χ1n) is 7.94. The maximum atomic E-state index is 12.2. The lowest BCUT2D eigenvalue weighted by atomic mass is 9.77. The molecule has 2 rings (SSSR count). The largest absolute Gasteiger partial charge is 0.409 e. The summed E-state index contributed by atoms with van der Waals surface area (Å²) in [4.78, 5) is 0. The Morgan fingerprint density at radius 2 is 1.86 bits per heavy atom. The average molecular weight is 331 g/mol. The van der Waals surface area contributed by atoms with Gasteiger partial charge < -0.3 is 0 Å². The van der Waals surface area contributed by atoms with Crippen LogP contribution in [0.1, 0.15) is 62.5 Å². The number of hydrogen-bond acceptors (Lipinski definition) is 0. The number of benzene rings is 1. The third-order valence-corrected chi connectivity index (χ3v) is 4.82. The highest BCUT2D eigenvalue weighted by Gasteiger charge is 2.23. The third kappa shape index (κ3) is 5.05. The molecule has 0 N–H and O–H groups in total. The Labute approximate surface area is 135 Å². The summed E-state index contributed by atoms with van der Waals surface area (Å²) in [6.07, 6.45) is 4.28. The van der Waals surface area contributed by atoms with Gasteiger partial charge in [0.05, 0.1) is 0 Å². The van der Waals surface area contributed by atoms with E-state index in [1.54, 1.807) is 6.07 Å². The highest BCUT2D eigenvalue weighted by atomic mass is 35.5. The Morgan fingerprint density at radius 1 is 1.18 bits per heavy atom. The van der Waals surface area contributed by atoms with Crippen LogP contribution in [0.25, 0.3) is 6.08 Å². The zero-order chi connectivity index (χ0) is 16.2. The molecule has 1 fully saturated rings. The minimum Gasteiger partial charge on any atom is -0.167 e. The molecule has 0 heterocycles. The van der Waals surface area contributed by atoms with Crippen LogP contribution in [0.15, 0.2) is 24.3 Å². The molecule has 0 radical (unpaired) electrons. The molecule has 0 spiro atoms. The second kappa shape index (κ2) is 7.54. The van der Waals surface area contributed by atoms with Gasteiger partial charge in [-0.3, -0.25) is 0 Å². The van der Waals surface area contributed by atoms with Gasteiger partial charge in [0.15, 0.2) is 0 Å². The molecule has 122 valence electrons. The van der Waals surface area contributed by atoms with Crippen LogP contribution < -0.4 is 0 Å². The minimum atomic E-state index is -4.31. The molecule has 0 bridgehead atoms. The molecule has 22 heavy (non-hydrogen) atoms. The first-order chi connectivity index (χ1) is 10.4. The molecule has 0 amide bonds. The SMILES string of the molecule is CCCC1CCC(c2ccc(/C=C\C(F)(F)F)c(Cl)c2)CC1. The fraction of sp³-hybridized carbons (Fsp3) is 0.556. The Morgan fingerprint density at radius 3 is 2.41 bits per heavy atom. The van der Waals surface area contributed by atoms with Gasteiger partial charge in [-0.2, -0.15) is 13.2 Å². The van der Waals surface area contributed by atoms with Crippen LogP contribution in [0.2, 0.25) is 5.02 Å². The molecule has 4 heteroatoms. The number of hydrogen-bond donors (Lipinski definition) is 0. The van der Waals surface area contributed by atoms with Crippen LogP contribution in [-0.2, 0) is 0 Å². The molecule has 1 aromatic rings. The molecule has 1 aliphatic carbocycles. The summed E-state index contributed by atoms with van der Waals surface area (Å²) < 4.78 is 36.6. The monoisotopic (exact) mass is 330 g/mol. The van der Waals surface area contributed by atoms with Gasteiger partial charge in [0, 0.05) is 11.1 Å². The van der Waals surface area contributed by atoms with Crippen LogP contribution in [0, 0.1) is 5.92 Å². The van der Waals surface area contributed by atoms with E-state index in [2.05, 4.69) is 6.92 Å². The molecule has 0 aromatic heterocycles. The number of halogens is 4. The van der Waals surface area contributed by atoms with Crippen LogP contribution in [-0.4, -0.2) is 6.18 Å². The van der Waals surface area contributed by atoms with Crippen LogP contribution in [0.5, 0.6) is 0 Å². The van der Waals surface area contributed by atoms with E-state index in [9.17, 15) is 13.2 Å². The molecule has 0 nitrogen and oxygen atoms in total. The van der Waals surface area contributed by atoms with Gasteiger partial charge in [-0.1, -0.05) is 43.5 Å². The maximum Gasteiger partial charge on any atom is 0.409 e. The minimum absolute atomic E-state index is 0.226. The highest BCUT2D eigenvalue weighted by molar-refractivity contribution is 6.32. The summed E-state index contributed by atoms with van der Waals surface area (Å²) in [5.41, 5.74) is 1.58. The summed E-state index contributed by atoms with van der Waals surface area (Å²) in [5.74, 6) is 1.33. The van der Waals surface area contributed by atoms with Crippen molar-refractivity contribution in [3.63, 3.8) is 0 Å². The summed E-state index contributed by atoms with van der Waals surface area (Å²) >= 11 is 6.14. The van der Waals surface area contributed by atoms with Crippen molar-refractivity contribution in [2.45, 2.75) is 57.5 Å². The Balaban J connectivity index is 2.02. The normalized spacial score (nSPS) is 23.1. The van der Waals surface area contributed by atoms with Gasteiger partial charge in [-0.15, -0.1) is 0 Å². The molecule has 0 unspecified atom stereocenters. The topological polar surface area (TPSA) is 0 Å². The van der Waals surface area contributed by atoms with Crippen LogP contribution in [0.3, 0.4) is 0 Å². The van der Waals surface area contributed by atoms with Crippen molar-refractivity contribution in [1.82, 2.24) is 0 Å². The van der Waals surface area contributed by atoms with Crippen molar-refractivity contribution in [2.75, 3.05) is 0 Å². The van der Waals surface area contributed by atoms with Gasteiger partial charge in [0.1, 0.15) is 0 Å². The summed E-state index contributed by atoms with van der Waals surface area (Å²) in [7, 11) is 0. The fourth-order valence-corrected chi connectivity index (χ4v) is 3.56. The van der Waals surface area contributed by atoms with E-state index in [-0.39, 0.29) is 6.08 Å². The summed E-state index contributed by atoms with van der Waals surface area (Å²) in [5, 5.41) is 0.397. The number of rotatable bonds is 4. The van der Waals surface area contributed by atoms with E-state index < -0.39 is 6.18 Å². The fourth-order valence-electron chi connectivity index (χ4n) is 3.31. The van der Waals surface area contributed by atoms with E-state index in [1.165, 1.54) is 25.7 Å². The molecular weight excluding hydrogens is 309 g/mol. The van der Waals surface area contributed by atoms with Gasteiger partial charge in [-0.05, 0) is 60.8 Å². The lowest BCUT2D eigenvalue weighted by Crippen LogP contribution is -2.13. The third-order valence-electron chi connectivity index (χ3n) is 4.49. The maximum absolute atomic E-state index is 12.2. The second-order valence-corrected chi connectivity index (χ2v) is 6.57. The van der Waals surface area contributed by atoms with E-state index in [1.807, 2.05) is 12.1 Å². The van der Waals surface area contributed by atoms with Gasteiger partial charge >= 0.3 is 6.18 Å².